The summed E-state index contributed by atoms with van der Waals surface area (Å²) in [5, 5.41) is 13.6. The Morgan fingerprint density at radius 2 is 2.22 bits per heavy atom. The van der Waals surface area contributed by atoms with Crippen LogP contribution in [0.15, 0.2) is 24.3 Å². The summed E-state index contributed by atoms with van der Waals surface area (Å²) in [6.07, 6.45) is 3.48. The summed E-state index contributed by atoms with van der Waals surface area (Å²) in [6, 6.07) is 8.44. The zero-order valence-electron chi connectivity index (χ0n) is 11.4. The number of para-hydroxylation sites is 1. The quantitative estimate of drug-likeness (QED) is 0.859. The van der Waals surface area contributed by atoms with E-state index in [0.29, 0.717) is 11.8 Å². The van der Waals surface area contributed by atoms with Gasteiger partial charge in [-0.2, -0.15) is 0 Å². The lowest BCUT2D eigenvalue weighted by Crippen LogP contribution is -2.45. The van der Waals surface area contributed by atoms with Gasteiger partial charge < -0.3 is 15.3 Å². The smallest absolute Gasteiger partial charge is 0.120 e. The van der Waals surface area contributed by atoms with Crippen LogP contribution >= 0.6 is 0 Å². The van der Waals surface area contributed by atoms with Crippen LogP contribution in [0.5, 0.6) is 5.75 Å². The second kappa shape index (κ2) is 6.21. The molecule has 1 fully saturated rings. The first-order valence-electron chi connectivity index (χ1n) is 6.93. The minimum absolute atomic E-state index is 0.252. The maximum atomic E-state index is 9.94. The molecule has 2 rings (SSSR count). The Kier molecular flexibility index (Phi) is 4.61. The third kappa shape index (κ3) is 3.24. The van der Waals surface area contributed by atoms with Crippen LogP contribution in [0, 0.1) is 0 Å². The van der Waals surface area contributed by atoms with Gasteiger partial charge >= 0.3 is 0 Å². The summed E-state index contributed by atoms with van der Waals surface area (Å²) in [5.74, 6) is 0.404. The summed E-state index contributed by atoms with van der Waals surface area (Å²) in [7, 11) is 2.18. The number of piperidine rings is 1. The molecule has 0 aliphatic carbocycles. The van der Waals surface area contributed by atoms with Crippen LogP contribution in [-0.4, -0.2) is 36.2 Å². The van der Waals surface area contributed by atoms with E-state index in [9.17, 15) is 5.11 Å². The first kappa shape index (κ1) is 13.4. The molecule has 1 aromatic carbocycles. The largest absolute Gasteiger partial charge is 0.508 e. The van der Waals surface area contributed by atoms with Gasteiger partial charge in [-0.15, -0.1) is 0 Å². The van der Waals surface area contributed by atoms with Crippen LogP contribution in [0.2, 0.25) is 0 Å². The molecule has 2 atom stereocenters. The van der Waals surface area contributed by atoms with Gasteiger partial charge in [0.2, 0.25) is 0 Å². The highest BCUT2D eigenvalue weighted by molar-refractivity contribution is 5.34. The fourth-order valence-electron chi connectivity index (χ4n) is 2.80. The monoisotopic (exact) mass is 248 g/mol. The van der Waals surface area contributed by atoms with E-state index in [1.807, 2.05) is 18.2 Å². The summed E-state index contributed by atoms with van der Waals surface area (Å²) >= 11 is 0. The van der Waals surface area contributed by atoms with Crippen molar-refractivity contribution in [2.24, 2.45) is 0 Å². The van der Waals surface area contributed by atoms with Crippen molar-refractivity contribution in [3.8, 4) is 5.75 Å². The van der Waals surface area contributed by atoms with E-state index in [1.54, 1.807) is 6.07 Å². The van der Waals surface area contributed by atoms with E-state index in [1.165, 1.54) is 19.4 Å². The zero-order chi connectivity index (χ0) is 13.0. The van der Waals surface area contributed by atoms with Crippen LogP contribution in [0.1, 0.15) is 37.8 Å². The minimum atomic E-state index is 0.252. The molecule has 1 aliphatic rings. The molecule has 2 unspecified atom stereocenters. The predicted molar refractivity (Wildman–Crippen MR) is 74.8 cm³/mol. The Hall–Kier alpha value is -1.06. The van der Waals surface area contributed by atoms with E-state index in [2.05, 4.69) is 24.2 Å². The Labute approximate surface area is 110 Å². The Morgan fingerprint density at radius 1 is 1.44 bits per heavy atom. The Balaban J connectivity index is 2.03. The Bertz CT molecular complexity index is 381. The minimum Gasteiger partial charge on any atom is -0.508 e. The standard InChI is InChI=1S/C15H24N2O/c1-3-14(13-8-4-5-9-15(13)18)16-12-7-6-10-17(2)11-12/h4-5,8-9,12,14,16,18H,3,6-7,10-11H2,1-2H3. The molecule has 100 valence electrons. The zero-order valence-corrected chi connectivity index (χ0v) is 11.4. The molecule has 3 heteroatoms. The van der Waals surface area contributed by atoms with Gasteiger partial charge in [-0.05, 0) is 38.9 Å². The second-order valence-corrected chi connectivity index (χ2v) is 5.29. The van der Waals surface area contributed by atoms with Gasteiger partial charge in [0.05, 0.1) is 0 Å². The third-order valence-electron chi connectivity index (χ3n) is 3.78. The lowest BCUT2D eigenvalue weighted by Gasteiger charge is -2.33. The fourth-order valence-corrected chi connectivity index (χ4v) is 2.80. The van der Waals surface area contributed by atoms with E-state index in [-0.39, 0.29) is 6.04 Å². The Morgan fingerprint density at radius 3 is 2.89 bits per heavy atom. The molecule has 1 saturated heterocycles. The first-order chi connectivity index (χ1) is 8.70. The van der Waals surface area contributed by atoms with Crippen LogP contribution in [0.4, 0.5) is 0 Å². The molecule has 1 aliphatic heterocycles. The van der Waals surface area contributed by atoms with Gasteiger partial charge in [0.15, 0.2) is 0 Å². The normalized spacial score (nSPS) is 22.9. The number of rotatable bonds is 4. The molecule has 0 bridgehead atoms. The summed E-state index contributed by atoms with van der Waals surface area (Å²) in [6.45, 7) is 4.46. The SMILES string of the molecule is CCC(NC1CCCN(C)C1)c1ccccc1O. The second-order valence-electron chi connectivity index (χ2n) is 5.29. The molecule has 1 heterocycles. The maximum absolute atomic E-state index is 9.94. The van der Waals surface area contributed by atoms with E-state index in [0.717, 1.165) is 18.5 Å². The number of hydrogen-bond acceptors (Lipinski definition) is 3. The van der Waals surface area contributed by atoms with Crippen molar-refractivity contribution in [1.82, 2.24) is 10.2 Å². The molecule has 0 amide bonds. The van der Waals surface area contributed by atoms with Crippen molar-refractivity contribution in [2.45, 2.75) is 38.3 Å². The van der Waals surface area contributed by atoms with E-state index < -0.39 is 0 Å². The molecule has 2 N–H and O–H groups in total. The highest BCUT2D eigenvalue weighted by Crippen LogP contribution is 2.27. The van der Waals surface area contributed by atoms with Crippen LogP contribution in [0.3, 0.4) is 0 Å². The molecule has 0 radical (unpaired) electrons. The highest BCUT2D eigenvalue weighted by atomic mass is 16.3. The number of likely N-dealkylation sites (tertiary alicyclic amines) is 1. The average molecular weight is 248 g/mol. The number of phenols is 1. The summed E-state index contributed by atoms with van der Waals surface area (Å²) < 4.78 is 0. The fraction of sp³-hybridized carbons (Fsp3) is 0.600. The number of phenolic OH excluding ortho intramolecular Hbond substituents is 1. The summed E-state index contributed by atoms with van der Waals surface area (Å²) in [5.41, 5.74) is 1.02. The lowest BCUT2D eigenvalue weighted by molar-refractivity contribution is 0.214. The third-order valence-corrected chi connectivity index (χ3v) is 3.78. The van der Waals surface area contributed by atoms with Gasteiger partial charge in [0.25, 0.3) is 0 Å². The number of nitrogens with one attached hydrogen (secondary N) is 1. The molecule has 1 aromatic rings. The molecule has 18 heavy (non-hydrogen) atoms. The van der Waals surface area contributed by atoms with Gasteiger partial charge in [0, 0.05) is 24.2 Å². The summed E-state index contributed by atoms with van der Waals surface area (Å²) in [4.78, 5) is 2.37. The van der Waals surface area contributed by atoms with Gasteiger partial charge in [0.1, 0.15) is 5.75 Å². The van der Waals surface area contributed by atoms with Gasteiger partial charge in [-0.25, -0.2) is 0 Å². The van der Waals surface area contributed by atoms with Gasteiger partial charge in [-0.3, -0.25) is 0 Å². The van der Waals surface area contributed by atoms with Gasteiger partial charge in [-0.1, -0.05) is 25.1 Å². The van der Waals surface area contributed by atoms with Crippen LogP contribution < -0.4 is 5.32 Å². The molecule has 3 nitrogen and oxygen atoms in total. The van der Waals surface area contributed by atoms with Crippen molar-refractivity contribution in [3.05, 3.63) is 29.8 Å². The van der Waals surface area contributed by atoms with Crippen molar-refractivity contribution >= 4 is 0 Å². The van der Waals surface area contributed by atoms with Crippen molar-refractivity contribution in [3.63, 3.8) is 0 Å². The molecular weight excluding hydrogens is 224 g/mol. The number of hydrogen-bond donors (Lipinski definition) is 2. The molecule has 0 saturated carbocycles. The van der Waals surface area contributed by atoms with Crippen LogP contribution in [-0.2, 0) is 0 Å². The van der Waals surface area contributed by atoms with E-state index >= 15 is 0 Å². The van der Waals surface area contributed by atoms with Crippen molar-refractivity contribution in [1.29, 1.82) is 0 Å². The number of likely N-dealkylation sites (N-methyl/N-ethyl adjacent to an activating group) is 1. The van der Waals surface area contributed by atoms with Crippen molar-refractivity contribution < 1.29 is 5.11 Å². The predicted octanol–water partition coefficient (Wildman–Crippen LogP) is 2.53. The lowest BCUT2D eigenvalue weighted by atomic mass is 9.99. The number of benzene rings is 1. The molecule has 0 aromatic heterocycles. The number of nitrogens with zero attached hydrogens (tertiary/aromatic N) is 1. The molecule has 0 spiro atoms. The average Bonchev–Trinajstić information content (AvgIpc) is 2.37. The first-order valence-corrected chi connectivity index (χ1v) is 6.93. The van der Waals surface area contributed by atoms with Crippen molar-refractivity contribution in [2.75, 3.05) is 20.1 Å². The maximum Gasteiger partial charge on any atom is 0.120 e. The highest BCUT2D eigenvalue weighted by Gasteiger charge is 2.21. The van der Waals surface area contributed by atoms with Crippen LogP contribution in [0.25, 0.3) is 0 Å². The molecular formula is C15H24N2O. The topological polar surface area (TPSA) is 35.5 Å². The number of aromatic hydroxyl groups is 1. The van der Waals surface area contributed by atoms with E-state index in [4.69, 9.17) is 0 Å².